The van der Waals surface area contributed by atoms with Crippen LogP contribution < -0.4 is 26.0 Å². The Labute approximate surface area is 273 Å². The Balaban J connectivity index is 1.75. The SMILES string of the molecule is O=C(Nc1cc(Cl)c(Oc2ccc(C(F)(F)F)cc2)cc1CP(Br)(c1ccccc1)(c1ccccc1)c1ccccc1)C(F)(F)F. The van der Waals surface area contributed by atoms with Crippen LogP contribution in [0.3, 0.4) is 0 Å². The second-order valence-corrected chi connectivity index (χ2v) is 19.7. The number of hydrogen-bond acceptors (Lipinski definition) is 2. The first-order valence-corrected chi connectivity index (χ1v) is 18.5. The second kappa shape index (κ2) is 12.7. The molecule has 238 valence electrons. The van der Waals surface area contributed by atoms with Crippen LogP contribution in [-0.2, 0) is 17.1 Å². The molecule has 0 aromatic heterocycles. The summed E-state index contributed by atoms with van der Waals surface area (Å²) in [6.45, 7) is 0. The summed E-state index contributed by atoms with van der Waals surface area (Å²) in [6, 6.07) is 34.7. The Hall–Kier alpha value is -3.85. The summed E-state index contributed by atoms with van der Waals surface area (Å²) in [7, 11) is 0. The van der Waals surface area contributed by atoms with Crippen molar-refractivity contribution in [2.24, 2.45) is 0 Å². The molecule has 0 aliphatic rings. The Kier molecular flexibility index (Phi) is 9.28. The van der Waals surface area contributed by atoms with Crippen LogP contribution in [0.2, 0.25) is 5.02 Å². The summed E-state index contributed by atoms with van der Waals surface area (Å²) in [6.07, 6.45) is -9.72. The van der Waals surface area contributed by atoms with Gasteiger partial charge in [-0.05, 0) is 0 Å². The molecular formula is C34H24BrClF6NO2P. The van der Waals surface area contributed by atoms with Crippen LogP contribution >= 0.6 is 32.4 Å². The normalized spacial score (nSPS) is 13.0. The molecule has 5 rings (SSSR count). The van der Waals surface area contributed by atoms with E-state index in [0.717, 1.165) is 46.2 Å². The van der Waals surface area contributed by atoms with Crippen molar-refractivity contribution in [3.05, 3.63) is 144 Å². The van der Waals surface area contributed by atoms with E-state index in [4.69, 9.17) is 16.3 Å². The summed E-state index contributed by atoms with van der Waals surface area (Å²) in [5.74, 6) is -2.22. The van der Waals surface area contributed by atoms with Crippen molar-refractivity contribution in [1.29, 1.82) is 0 Å². The standard InChI is InChI=1S/C34H24BrClF6NO2P/c35-46(26-10-4-1-5-11-26,27-12-6-2-7-13-27,28-14-8-3-9-15-28)22-23-20-31(29(36)21-30(23)43-32(44)34(40,41)42)45-25-18-16-24(17-19-25)33(37,38)39/h1-21H,22H2,(H,43,44). The number of ether oxygens (including phenoxy) is 1. The van der Waals surface area contributed by atoms with E-state index in [1.165, 1.54) is 6.07 Å². The average molecular weight is 739 g/mol. The third-order valence-electron chi connectivity index (χ3n) is 7.42. The third-order valence-corrected chi connectivity index (χ3v) is 17.2. The monoisotopic (exact) mass is 737 g/mol. The van der Waals surface area contributed by atoms with Gasteiger partial charge in [0.25, 0.3) is 0 Å². The van der Waals surface area contributed by atoms with Crippen molar-refractivity contribution in [3.8, 4) is 11.5 Å². The van der Waals surface area contributed by atoms with Gasteiger partial charge in [0.15, 0.2) is 0 Å². The van der Waals surface area contributed by atoms with Gasteiger partial charge in [0.2, 0.25) is 0 Å². The topological polar surface area (TPSA) is 38.3 Å². The molecule has 1 amide bonds. The predicted octanol–water partition coefficient (Wildman–Crippen LogP) is 9.99. The summed E-state index contributed by atoms with van der Waals surface area (Å²) in [4.78, 5) is 12.2. The molecule has 0 radical (unpaired) electrons. The van der Waals surface area contributed by atoms with Gasteiger partial charge < -0.3 is 0 Å². The zero-order valence-electron chi connectivity index (χ0n) is 23.6. The molecule has 0 bridgehead atoms. The van der Waals surface area contributed by atoms with Crippen LogP contribution in [0.5, 0.6) is 11.5 Å². The van der Waals surface area contributed by atoms with Crippen molar-refractivity contribution >= 4 is 59.9 Å². The number of rotatable bonds is 8. The minimum absolute atomic E-state index is 0.0124. The van der Waals surface area contributed by atoms with Crippen molar-refractivity contribution < 1.29 is 35.9 Å². The van der Waals surface area contributed by atoms with Gasteiger partial charge in [-0.2, -0.15) is 0 Å². The summed E-state index contributed by atoms with van der Waals surface area (Å²) in [5, 5.41) is 0.512. The Morgan fingerprint density at radius 3 is 1.59 bits per heavy atom. The molecule has 3 nitrogen and oxygen atoms in total. The van der Waals surface area contributed by atoms with Gasteiger partial charge in [-0.15, -0.1) is 0 Å². The van der Waals surface area contributed by atoms with Crippen LogP contribution in [0.15, 0.2) is 127 Å². The molecule has 0 unspecified atom stereocenters. The van der Waals surface area contributed by atoms with E-state index in [2.05, 4.69) is 15.5 Å². The number of carbonyl (C=O) groups excluding carboxylic acids is 1. The first-order valence-electron chi connectivity index (χ1n) is 13.7. The maximum atomic E-state index is 13.5. The van der Waals surface area contributed by atoms with Crippen LogP contribution in [0.4, 0.5) is 32.0 Å². The van der Waals surface area contributed by atoms with Crippen molar-refractivity contribution in [1.82, 2.24) is 0 Å². The molecule has 5 aromatic rings. The van der Waals surface area contributed by atoms with Crippen LogP contribution in [0.1, 0.15) is 11.1 Å². The molecule has 0 saturated heterocycles. The quantitative estimate of drug-likeness (QED) is 0.127. The number of hydrogen-bond donors (Lipinski definition) is 1. The van der Waals surface area contributed by atoms with E-state index >= 15 is 0 Å². The maximum absolute atomic E-state index is 13.5. The fraction of sp³-hybridized carbons (Fsp3) is 0.0882. The van der Waals surface area contributed by atoms with Gasteiger partial charge in [-0.1, -0.05) is 0 Å². The van der Waals surface area contributed by atoms with E-state index in [0.29, 0.717) is 0 Å². The first kappa shape index (κ1) is 33.5. The molecule has 0 aliphatic heterocycles. The third kappa shape index (κ3) is 6.66. The molecule has 0 atom stereocenters. The zero-order chi connectivity index (χ0) is 33.2. The number of anilines is 1. The Morgan fingerprint density at radius 2 is 1.17 bits per heavy atom. The Morgan fingerprint density at radius 1 is 0.717 bits per heavy atom. The molecule has 0 heterocycles. The minimum atomic E-state index is -5.20. The van der Waals surface area contributed by atoms with Gasteiger partial charge in [-0.25, -0.2) is 0 Å². The molecule has 0 fully saturated rings. The van der Waals surface area contributed by atoms with Gasteiger partial charge in [0, 0.05) is 0 Å². The molecule has 46 heavy (non-hydrogen) atoms. The molecular weight excluding hydrogens is 715 g/mol. The van der Waals surface area contributed by atoms with Crippen molar-refractivity contribution in [2.75, 3.05) is 5.32 Å². The fourth-order valence-corrected chi connectivity index (χ4v) is 13.1. The van der Waals surface area contributed by atoms with Gasteiger partial charge in [0.1, 0.15) is 0 Å². The molecule has 1 N–H and O–H groups in total. The van der Waals surface area contributed by atoms with Gasteiger partial charge in [0.05, 0.1) is 0 Å². The molecule has 0 saturated carbocycles. The van der Waals surface area contributed by atoms with E-state index in [9.17, 15) is 31.1 Å². The van der Waals surface area contributed by atoms with Crippen LogP contribution in [-0.4, -0.2) is 12.1 Å². The van der Waals surface area contributed by atoms with Crippen LogP contribution in [0.25, 0.3) is 0 Å². The molecule has 12 heteroatoms. The predicted molar refractivity (Wildman–Crippen MR) is 175 cm³/mol. The fourth-order valence-electron chi connectivity index (χ4n) is 5.21. The number of halogens is 8. The molecule has 0 spiro atoms. The van der Waals surface area contributed by atoms with E-state index in [1.54, 1.807) is 0 Å². The zero-order valence-corrected chi connectivity index (χ0v) is 26.9. The van der Waals surface area contributed by atoms with Crippen molar-refractivity contribution in [3.63, 3.8) is 0 Å². The van der Waals surface area contributed by atoms with E-state index < -0.39 is 29.1 Å². The summed E-state index contributed by atoms with van der Waals surface area (Å²) < 4.78 is 85.8. The summed E-state index contributed by atoms with van der Waals surface area (Å²) in [5.41, 5.74) is -0.861. The first-order chi connectivity index (χ1) is 21.7. The number of amides is 1. The van der Waals surface area contributed by atoms with Crippen molar-refractivity contribution in [2.45, 2.75) is 18.5 Å². The average Bonchev–Trinajstić information content (AvgIpc) is 3.04. The Bertz CT molecular complexity index is 1740. The second-order valence-electron chi connectivity index (χ2n) is 10.4. The molecule has 5 aromatic carbocycles. The number of benzene rings is 5. The number of nitrogens with one attached hydrogen (secondary N) is 1. The molecule has 0 aliphatic carbocycles. The van der Waals surface area contributed by atoms with E-state index in [1.807, 2.05) is 96.3 Å². The number of alkyl halides is 6. The summed E-state index contributed by atoms with van der Waals surface area (Å²) >= 11 is 10.7. The van der Waals surface area contributed by atoms with Gasteiger partial charge >= 0.3 is 275 Å². The number of carbonyl (C=O) groups is 1. The van der Waals surface area contributed by atoms with Gasteiger partial charge in [-0.3, -0.25) is 0 Å². The van der Waals surface area contributed by atoms with Crippen LogP contribution in [0, 0.1) is 0 Å². The van der Waals surface area contributed by atoms with E-state index in [-0.39, 0.29) is 33.9 Å².